The highest BCUT2D eigenvalue weighted by Gasteiger charge is 2.57. The van der Waals surface area contributed by atoms with Crippen molar-refractivity contribution in [1.29, 1.82) is 0 Å². The predicted molar refractivity (Wildman–Crippen MR) is 152 cm³/mol. The van der Waals surface area contributed by atoms with Crippen LogP contribution in [0.2, 0.25) is 0 Å². The van der Waals surface area contributed by atoms with E-state index < -0.39 is 0 Å². The van der Waals surface area contributed by atoms with Crippen molar-refractivity contribution < 1.29 is 18.9 Å². The van der Waals surface area contributed by atoms with Gasteiger partial charge in [-0.3, -0.25) is 0 Å². The van der Waals surface area contributed by atoms with Gasteiger partial charge in [-0.25, -0.2) is 0 Å². The van der Waals surface area contributed by atoms with Gasteiger partial charge in [0.05, 0.1) is 0 Å². The third kappa shape index (κ3) is 4.70. The number of hydrogen-bond donors (Lipinski definition) is 0. The molecule has 0 radical (unpaired) electrons. The van der Waals surface area contributed by atoms with Crippen LogP contribution in [0.1, 0.15) is 62.8 Å². The Kier molecular flexibility index (Phi) is 7.32. The Morgan fingerprint density at radius 1 is 0.541 bits per heavy atom. The topological polar surface area (TPSA) is 36.9 Å². The molecule has 0 heterocycles. The van der Waals surface area contributed by atoms with Crippen molar-refractivity contribution in [2.45, 2.75) is 56.8 Å². The fraction of sp³-hybridized carbons (Fsp3) is 0.394. The molecule has 0 saturated heterocycles. The van der Waals surface area contributed by atoms with Crippen molar-refractivity contribution >= 4 is 0 Å². The van der Waals surface area contributed by atoms with Crippen LogP contribution in [0.25, 0.3) is 0 Å². The van der Waals surface area contributed by atoms with E-state index >= 15 is 0 Å². The second-order valence-corrected chi connectivity index (χ2v) is 11.3. The van der Waals surface area contributed by atoms with Crippen molar-refractivity contribution in [3.05, 3.63) is 97.1 Å². The molecular formula is C33H40O4. The number of fused-ring (bicyclic) bond motifs is 4. The third-order valence-electron chi connectivity index (χ3n) is 7.57. The molecule has 2 aromatic rings. The Morgan fingerprint density at radius 2 is 0.811 bits per heavy atom. The number of ether oxygens (including phenoxy) is 4. The molecule has 0 atom stereocenters. The number of benzene rings is 2. The minimum atomic E-state index is -0.190. The van der Waals surface area contributed by atoms with E-state index in [1.54, 1.807) is 24.3 Å². The standard InChI is InChI=1S/C33H40O4/c1-9-13-34-27-17-23-25(19-29(27)36-15-11-3)33(21-31(23,5)6)22-32(7,8)24-18-28(35-14-10-2)30(20-26(24)33)37-16-12-4/h9-12,17-20H,1-4,13-16,21-22H2,5-8H3. The minimum Gasteiger partial charge on any atom is -0.486 e. The van der Waals surface area contributed by atoms with Gasteiger partial charge in [0.1, 0.15) is 26.4 Å². The van der Waals surface area contributed by atoms with Crippen molar-refractivity contribution in [1.82, 2.24) is 0 Å². The fourth-order valence-electron chi connectivity index (χ4n) is 6.37. The first-order valence-corrected chi connectivity index (χ1v) is 13.0. The van der Waals surface area contributed by atoms with E-state index in [-0.39, 0.29) is 16.2 Å². The van der Waals surface area contributed by atoms with Crippen molar-refractivity contribution in [2.75, 3.05) is 26.4 Å². The molecule has 0 amide bonds. The lowest BCUT2D eigenvalue weighted by Gasteiger charge is -2.31. The number of rotatable bonds is 12. The monoisotopic (exact) mass is 500 g/mol. The van der Waals surface area contributed by atoms with Gasteiger partial charge < -0.3 is 18.9 Å². The molecule has 0 fully saturated rings. The highest BCUT2D eigenvalue weighted by molar-refractivity contribution is 5.66. The highest BCUT2D eigenvalue weighted by atomic mass is 16.5. The normalized spacial score (nSPS) is 17.4. The molecule has 0 N–H and O–H groups in total. The van der Waals surface area contributed by atoms with Crippen LogP contribution in [-0.4, -0.2) is 26.4 Å². The summed E-state index contributed by atoms with van der Waals surface area (Å²) in [5, 5.41) is 0. The second-order valence-electron chi connectivity index (χ2n) is 11.3. The maximum Gasteiger partial charge on any atom is 0.161 e. The Bertz CT molecular complexity index is 1120. The highest BCUT2D eigenvalue weighted by Crippen LogP contribution is 2.64. The zero-order valence-corrected chi connectivity index (χ0v) is 22.8. The summed E-state index contributed by atoms with van der Waals surface area (Å²) >= 11 is 0. The van der Waals surface area contributed by atoms with E-state index in [4.69, 9.17) is 18.9 Å². The maximum absolute atomic E-state index is 6.12. The average molecular weight is 501 g/mol. The van der Waals surface area contributed by atoms with Crippen LogP contribution in [0.4, 0.5) is 0 Å². The molecule has 196 valence electrons. The van der Waals surface area contributed by atoms with Crippen LogP contribution in [0.15, 0.2) is 74.9 Å². The van der Waals surface area contributed by atoms with Gasteiger partial charge >= 0.3 is 0 Å². The lowest BCUT2D eigenvalue weighted by molar-refractivity contribution is 0.306. The lowest BCUT2D eigenvalue weighted by Crippen LogP contribution is -2.27. The largest absolute Gasteiger partial charge is 0.486 e. The van der Waals surface area contributed by atoms with Crippen LogP contribution in [0.3, 0.4) is 0 Å². The van der Waals surface area contributed by atoms with Crippen LogP contribution < -0.4 is 18.9 Å². The molecule has 4 heteroatoms. The van der Waals surface area contributed by atoms with Crippen LogP contribution >= 0.6 is 0 Å². The van der Waals surface area contributed by atoms with E-state index in [9.17, 15) is 0 Å². The van der Waals surface area contributed by atoms with E-state index in [0.29, 0.717) is 26.4 Å². The van der Waals surface area contributed by atoms with Gasteiger partial charge in [-0.1, -0.05) is 78.3 Å². The molecule has 0 aromatic heterocycles. The molecule has 2 aliphatic rings. The SMILES string of the molecule is C=CCOc1cc2c(cc1OCC=C)C1(CC2(C)C)CC(C)(C)c2cc(OCC=C)c(OCC=C)cc21. The minimum absolute atomic E-state index is 0.0591. The van der Waals surface area contributed by atoms with E-state index in [2.05, 4.69) is 78.3 Å². The summed E-state index contributed by atoms with van der Waals surface area (Å²) in [6.45, 7) is 26.2. The fourth-order valence-corrected chi connectivity index (χ4v) is 6.37. The smallest absolute Gasteiger partial charge is 0.161 e. The summed E-state index contributed by atoms with van der Waals surface area (Å²) in [4.78, 5) is 0. The van der Waals surface area contributed by atoms with Gasteiger partial charge in [-0.2, -0.15) is 0 Å². The van der Waals surface area contributed by atoms with Crippen molar-refractivity contribution in [2.24, 2.45) is 0 Å². The Morgan fingerprint density at radius 3 is 1.08 bits per heavy atom. The van der Waals surface area contributed by atoms with Gasteiger partial charge in [0.25, 0.3) is 0 Å². The van der Waals surface area contributed by atoms with Crippen LogP contribution in [-0.2, 0) is 16.2 Å². The van der Waals surface area contributed by atoms with E-state index in [0.717, 1.165) is 35.8 Å². The molecule has 2 aromatic carbocycles. The molecule has 0 unspecified atom stereocenters. The summed E-state index contributed by atoms with van der Waals surface area (Å²) in [6.07, 6.45) is 8.97. The van der Waals surface area contributed by atoms with Gasteiger partial charge in [-0.05, 0) is 70.2 Å². The van der Waals surface area contributed by atoms with Gasteiger partial charge in [-0.15, -0.1) is 0 Å². The Hall–Kier alpha value is -3.40. The van der Waals surface area contributed by atoms with Gasteiger partial charge in [0, 0.05) is 5.41 Å². The molecular weight excluding hydrogens is 460 g/mol. The van der Waals surface area contributed by atoms with E-state index in [1.165, 1.54) is 22.3 Å². The zero-order valence-electron chi connectivity index (χ0n) is 22.8. The summed E-state index contributed by atoms with van der Waals surface area (Å²) in [6, 6.07) is 8.74. The lowest BCUT2D eigenvalue weighted by atomic mass is 9.72. The van der Waals surface area contributed by atoms with Gasteiger partial charge in [0.15, 0.2) is 23.0 Å². The third-order valence-corrected chi connectivity index (χ3v) is 7.57. The molecule has 1 spiro atoms. The van der Waals surface area contributed by atoms with Crippen molar-refractivity contribution in [3.63, 3.8) is 0 Å². The van der Waals surface area contributed by atoms with Crippen LogP contribution in [0.5, 0.6) is 23.0 Å². The summed E-state index contributed by atoms with van der Waals surface area (Å²) in [7, 11) is 0. The van der Waals surface area contributed by atoms with Gasteiger partial charge in [0.2, 0.25) is 0 Å². The summed E-state index contributed by atoms with van der Waals surface area (Å²) in [5.74, 6) is 2.95. The zero-order chi connectivity index (χ0) is 26.8. The molecule has 4 rings (SSSR count). The first-order valence-electron chi connectivity index (χ1n) is 13.0. The predicted octanol–water partition coefficient (Wildman–Crippen LogP) is 7.59. The van der Waals surface area contributed by atoms with E-state index in [1.807, 2.05) is 0 Å². The molecule has 2 aliphatic carbocycles. The molecule has 0 aliphatic heterocycles. The molecule has 37 heavy (non-hydrogen) atoms. The Balaban J connectivity index is 1.94. The molecule has 0 saturated carbocycles. The first-order chi connectivity index (χ1) is 17.6. The molecule has 0 bridgehead atoms. The van der Waals surface area contributed by atoms with Crippen molar-refractivity contribution in [3.8, 4) is 23.0 Å². The maximum atomic E-state index is 6.12. The average Bonchev–Trinajstić information content (AvgIpc) is 3.21. The summed E-state index contributed by atoms with van der Waals surface area (Å²) in [5.41, 5.74) is 4.87. The molecule has 4 nitrogen and oxygen atoms in total. The quantitative estimate of drug-likeness (QED) is 0.281. The number of hydrogen-bond acceptors (Lipinski definition) is 4. The summed E-state index contributed by atoms with van der Waals surface area (Å²) < 4.78 is 24.3. The Labute approximate surface area is 222 Å². The second kappa shape index (κ2) is 10.2. The first kappa shape index (κ1) is 26.7. The van der Waals surface area contributed by atoms with Crippen LogP contribution in [0, 0.1) is 0 Å².